The first-order valence-corrected chi connectivity index (χ1v) is 7.77. The molecule has 1 aliphatic carbocycles. The number of hydrogen-bond donors (Lipinski definition) is 1. The molecule has 0 saturated heterocycles. The van der Waals surface area contributed by atoms with Gasteiger partial charge in [0.15, 0.2) is 5.65 Å². The third-order valence-corrected chi connectivity index (χ3v) is 4.01. The zero-order valence-electron chi connectivity index (χ0n) is 12.4. The van der Waals surface area contributed by atoms with E-state index in [0.29, 0.717) is 5.95 Å². The van der Waals surface area contributed by atoms with Gasteiger partial charge < -0.3 is 5.32 Å². The number of pyridine rings is 1. The Labute approximate surface area is 129 Å². The van der Waals surface area contributed by atoms with Crippen molar-refractivity contribution in [3.63, 3.8) is 0 Å². The number of para-hydroxylation sites is 1. The number of anilines is 2. The summed E-state index contributed by atoms with van der Waals surface area (Å²) in [6.45, 7) is 0. The molecule has 0 unspecified atom stereocenters. The van der Waals surface area contributed by atoms with Gasteiger partial charge in [-0.25, -0.2) is 4.52 Å². The van der Waals surface area contributed by atoms with E-state index in [0.717, 1.165) is 29.9 Å². The Morgan fingerprint density at radius 2 is 1.86 bits per heavy atom. The number of hydrogen-bond acceptors (Lipinski definition) is 3. The van der Waals surface area contributed by atoms with Crippen LogP contribution in [0.15, 0.2) is 54.6 Å². The number of allylic oxidation sites excluding steroid dienone is 2. The average Bonchev–Trinajstić information content (AvgIpc) is 2.99. The number of nitrogens with one attached hydrogen (secondary N) is 1. The number of benzene rings is 1. The van der Waals surface area contributed by atoms with Crippen LogP contribution < -0.4 is 5.32 Å². The van der Waals surface area contributed by atoms with Crippen LogP contribution >= 0.6 is 0 Å². The van der Waals surface area contributed by atoms with Gasteiger partial charge in [0.05, 0.1) is 5.69 Å². The molecule has 0 radical (unpaired) electrons. The highest BCUT2D eigenvalue weighted by Gasteiger charge is 2.12. The summed E-state index contributed by atoms with van der Waals surface area (Å²) >= 11 is 0. The van der Waals surface area contributed by atoms with Crippen LogP contribution in [0.3, 0.4) is 0 Å². The highest BCUT2D eigenvalue weighted by Crippen LogP contribution is 2.27. The minimum Gasteiger partial charge on any atom is -0.323 e. The van der Waals surface area contributed by atoms with Crippen molar-refractivity contribution < 1.29 is 0 Å². The first kappa shape index (κ1) is 13.1. The van der Waals surface area contributed by atoms with E-state index in [1.165, 1.54) is 18.4 Å². The van der Waals surface area contributed by atoms with Gasteiger partial charge in [0.2, 0.25) is 5.95 Å². The molecular formula is C18H18N4. The molecule has 0 amide bonds. The molecule has 2 aromatic heterocycles. The van der Waals surface area contributed by atoms with Crippen LogP contribution in [0.5, 0.6) is 0 Å². The Morgan fingerprint density at radius 1 is 0.955 bits per heavy atom. The molecule has 1 N–H and O–H groups in total. The topological polar surface area (TPSA) is 42.2 Å². The van der Waals surface area contributed by atoms with Gasteiger partial charge in [-0.3, -0.25) is 0 Å². The van der Waals surface area contributed by atoms with E-state index in [-0.39, 0.29) is 0 Å². The summed E-state index contributed by atoms with van der Waals surface area (Å²) in [5, 5.41) is 7.90. The van der Waals surface area contributed by atoms with Crippen molar-refractivity contribution >= 4 is 22.9 Å². The molecule has 2 heterocycles. The maximum absolute atomic E-state index is 4.64. The van der Waals surface area contributed by atoms with E-state index in [9.17, 15) is 0 Å². The van der Waals surface area contributed by atoms with Gasteiger partial charge in [-0.15, -0.1) is 5.10 Å². The fourth-order valence-corrected chi connectivity index (χ4v) is 2.92. The molecule has 4 rings (SSSR count). The first-order valence-electron chi connectivity index (χ1n) is 7.77. The minimum atomic E-state index is 0.634. The fourth-order valence-electron chi connectivity index (χ4n) is 2.92. The van der Waals surface area contributed by atoms with Crippen LogP contribution in [-0.2, 0) is 0 Å². The molecule has 0 spiro atoms. The molecule has 0 fully saturated rings. The van der Waals surface area contributed by atoms with Crippen LogP contribution in [0.4, 0.5) is 11.6 Å². The first-order chi connectivity index (χ1) is 10.9. The SMILES string of the molecule is C1=C(c2cccc3nc(Nc4ccccc4)nn23)CCCC1. The Hall–Kier alpha value is -2.62. The summed E-state index contributed by atoms with van der Waals surface area (Å²) in [7, 11) is 0. The summed E-state index contributed by atoms with van der Waals surface area (Å²) in [6, 6.07) is 16.2. The summed E-state index contributed by atoms with van der Waals surface area (Å²) in [5.74, 6) is 0.634. The van der Waals surface area contributed by atoms with Crippen molar-refractivity contribution in [2.45, 2.75) is 25.7 Å². The molecule has 1 aliphatic rings. The van der Waals surface area contributed by atoms with Gasteiger partial charge in [-0.05, 0) is 55.5 Å². The maximum Gasteiger partial charge on any atom is 0.247 e. The van der Waals surface area contributed by atoms with Gasteiger partial charge in [0.1, 0.15) is 0 Å². The van der Waals surface area contributed by atoms with Crippen molar-refractivity contribution in [1.82, 2.24) is 14.6 Å². The Bertz CT molecular complexity index is 817. The number of fused-ring (bicyclic) bond motifs is 1. The van der Waals surface area contributed by atoms with E-state index in [4.69, 9.17) is 0 Å². The van der Waals surface area contributed by atoms with E-state index in [1.807, 2.05) is 40.9 Å². The Balaban J connectivity index is 1.73. The summed E-state index contributed by atoms with van der Waals surface area (Å²) in [4.78, 5) is 4.58. The molecule has 0 bridgehead atoms. The van der Waals surface area contributed by atoms with Crippen LogP contribution in [0.1, 0.15) is 31.4 Å². The number of aromatic nitrogens is 3. The van der Waals surface area contributed by atoms with Gasteiger partial charge in [-0.1, -0.05) is 30.3 Å². The molecule has 4 heteroatoms. The lowest BCUT2D eigenvalue weighted by Gasteiger charge is -2.13. The van der Waals surface area contributed by atoms with Crippen LogP contribution in [-0.4, -0.2) is 14.6 Å². The third kappa shape index (κ3) is 2.48. The second-order valence-corrected chi connectivity index (χ2v) is 5.58. The second kappa shape index (κ2) is 5.64. The molecular weight excluding hydrogens is 272 g/mol. The lowest BCUT2D eigenvalue weighted by molar-refractivity contribution is 0.736. The van der Waals surface area contributed by atoms with E-state index >= 15 is 0 Å². The zero-order chi connectivity index (χ0) is 14.8. The van der Waals surface area contributed by atoms with Crippen molar-refractivity contribution in [1.29, 1.82) is 0 Å². The highest BCUT2D eigenvalue weighted by molar-refractivity contribution is 5.66. The summed E-state index contributed by atoms with van der Waals surface area (Å²) in [5.41, 5.74) is 4.41. The average molecular weight is 290 g/mol. The summed E-state index contributed by atoms with van der Waals surface area (Å²) in [6.07, 6.45) is 7.17. The normalized spacial score (nSPS) is 14.8. The van der Waals surface area contributed by atoms with Crippen molar-refractivity contribution in [2.24, 2.45) is 0 Å². The van der Waals surface area contributed by atoms with E-state index < -0.39 is 0 Å². The molecule has 3 aromatic rings. The van der Waals surface area contributed by atoms with E-state index in [1.54, 1.807) is 0 Å². The number of nitrogens with zero attached hydrogens (tertiary/aromatic N) is 3. The molecule has 0 saturated carbocycles. The van der Waals surface area contributed by atoms with Crippen molar-refractivity contribution in [3.05, 3.63) is 60.3 Å². The van der Waals surface area contributed by atoms with Gasteiger partial charge in [0.25, 0.3) is 0 Å². The fraction of sp³-hybridized carbons (Fsp3) is 0.222. The predicted molar refractivity (Wildman–Crippen MR) is 89.2 cm³/mol. The molecule has 0 atom stereocenters. The second-order valence-electron chi connectivity index (χ2n) is 5.58. The van der Waals surface area contributed by atoms with E-state index in [2.05, 4.69) is 33.6 Å². The van der Waals surface area contributed by atoms with Gasteiger partial charge >= 0.3 is 0 Å². The molecule has 4 nitrogen and oxygen atoms in total. The Kier molecular flexibility index (Phi) is 3.35. The van der Waals surface area contributed by atoms with Crippen molar-refractivity contribution in [3.8, 4) is 0 Å². The van der Waals surface area contributed by atoms with Crippen molar-refractivity contribution in [2.75, 3.05) is 5.32 Å². The molecule has 1 aromatic carbocycles. The largest absolute Gasteiger partial charge is 0.323 e. The smallest absolute Gasteiger partial charge is 0.247 e. The minimum absolute atomic E-state index is 0.634. The zero-order valence-corrected chi connectivity index (χ0v) is 12.4. The van der Waals surface area contributed by atoms with Gasteiger partial charge in [0, 0.05) is 5.69 Å². The molecule has 0 aliphatic heterocycles. The predicted octanol–water partition coefficient (Wildman–Crippen LogP) is 4.43. The molecule has 22 heavy (non-hydrogen) atoms. The lowest BCUT2D eigenvalue weighted by atomic mass is 9.97. The lowest BCUT2D eigenvalue weighted by Crippen LogP contribution is -2.01. The number of rotatable bonds is 3. The molecule has 110 valence electrons. The quantitative estimate of drug-likeness (QED) is 0.776. The maximum atomic E-state index is 4.64. The summed E-state index contributed by atoms with van der Waals surface area (Å²) < 4.78 is 1.95. The highest BCUT2D eigenvalue weighted by atomic mass is 15.4. The third-order valence-electron chi connectivity index (χ3n) is 4.01. The standard InChI is InChI=1S/C18H18N4/c1-3-8-14(9-4-1)16-12-7-13-17-20-18(21-22(16)17)19-15-10-5-2-6-11-15/h2,5-8,10-13H,1,3-4,9H2,(H,19,21). The van der Waals surface area contributed by atoms with Crippen LogP contribution in [0.25, 0.3) is 11.2 Å². The van der Waals surface area contributed by atoms with Crippen LogP contribution in [0, 0.1) is 0 Å². The monoisotopic (exact) mass is 290 g/mol. The Morgan fingerprint density at radius 3 is 2.68 bits per heavy atom. The van der Waals surface area contributed by atoms with Crippen LogP contribution in [0.2, 0.25) is 0 Å². The van der Waals surface area contributed by atoms with Gasteiger partial charge in [-0.2, -0.15) is 4.98 Å².